The maximum atomic E-state index is 12.1. The van der Waals surface area contributed by atoms with E-state index in [2.05, 4.69) is 5.32 Å². The first kappa shape index (κ1) is 15.9. The van der Waals surface area contributed by atoms with Crippen LogP contribution >= 0.6 is 11.8 Å². The van der Waals surface area contributed by atoms with E-state index in [0.29, 0.717) is 12.3 Å². The van der Waals surface area contributed by atoms with E-state index in [1.54, 1.807) is 0 Å². The minimum absolute atomic E-state index is 0.0168. The largest absolute Gasteiger partial charge is 0.477 e. The van der Waals surface area contributed by atoms with Gasteiger partial charge in [0.05, 0.1) is 12.0 Å². The normalized spacial score (nSPS) is 27.5. The van der Waals surface area contributed by atoms with Gasteiger partial charge in [-0.25, -0.2) is 4.79 Å². The first-order chi connectivity index (χ1) is 9.90. The van der Waals surface area contributed by atoms with Gasteiger partial charge in [0, 0.05) is 30.0 Å². The molecule has 0 spiro atoms. The summed E-state index contributed by atoms with van der Waals surface area (Å²) in [5.74, 6) is -0.656. The molecule has 116 valence electrons. The zero-order chi connectivity index (χ0) is 15.7. The van der Waals surface area contributed by atoms with Gasteiger partial charge in [-0.15, -0.1) is 11.8 Å². The lowest BCUT2D eigenvalue weighted by Gasteiger charge is -2.44. The van der Waals surface area contributed by atoms with Gasteiger partial charge < -0.3 is 15.3 Å². The number of hydrogen-bond acceptors (Lipinski definition) is 4. The van der Waals surface area contributed by atoms with Crippen LogP contribution in [0.3, 0.4) is 0 Å². The number of rotatable bonds is 6. The Bertz CT molecular complexity index is 517. The summed E-state index contributed by atoms with van der Waals surface area (Å²) in [4.78, 5) is 36.6. The van der Waals surface area contributed by atoms with Gasteiger partial charge in [-0.05, 0) is 6.42 Å². The lowest BCUT2D eigenvalue weighted by atomic mass is 9.81. The van der Waals surface area contributed by atoms with Crippen LogP contribution in [0.2, 0.25) is 0 Å². The zero-order valence-electron chi connectivity index (χ0n) is 12.4. The minimum atomic E-state index is -1.05. The summed E-state index contributed by atoms with van der Waals surface area (Å²) in [7, 11) is 0. The fourth-order valence-electron chi connectivity index (χ4n) is 3.10. The van der Waals surface area contributed by atoms with Crippen molar-refractivity contribution in [2.45, 2.75) is 33.2 Å². The highest BCUT2D eigenvalue weighted by Gasteiger charge is 2.57. The standard InChI is InChI=1S/C14H20N2O4S/c1-4-9-10-7(2)12(21-6-5-15-8(3)17)11(14(19)20)16(10)13(9)18/h7,9-10H,4-6H2,1-3H3,(H,15,17)(H,19,20)/t7-,9-,10-/m1/s1. The van der Waals surface area contributed by atoms with Crippen LogP contribution in [0.4, 0.5) is 0 Å². The van der Waals surface area contributed by atoms with Gasteiger partial charge >= 0.3 is 5.97 Å². The summed E-state index contributed by atoms with van der Waals surface area (Å²) in [6.07, 6.45) is 0.737. The van der Waals surface area contributed by atoms with Crippen molar-refractivity contribution in [2.75, 3.05) is 12.3 Å². The Hall–Kier alpha value is -1.50. The Morgan fingerprint density at radius 2 is 2.10 bits per heavy atom. The van der Waals surface area contributed by atoms with E-state index in [1.807, 2.05) is 13.8 Å². The Balaban J connectivity index is 2.12. The molecule has 2 heterocycles. The molecule has 7 heteroatoms. The quantitative estimate of drug-likeness (QED) is 0.565. The molecular weight excluding hydrogens is 292 g/mol. The smallest absolute Gasteiger partial charge is 0.353 e. The number of carboxylic acids is 1. The second-order valence-electron chi connectivity index (χ2n) is 5.35. The molecule has 2 amide bonds. The van der Waals surface area contributed by atoms with Crippen LogP contribution in [0.1, 0.15) is 27.2 Å². The van der Waals surface area contributed by atoms with E-state index >= 15 is 0 Å². The number of thioether (sulfide) groups is 1. The average molecular weight is 312 g/mol. The molecule has 0 radical (unpaired) electrons. The molecule has 6 nitrogen and oxygen atoms in total. The lowest BCUT2D eigenvalue weighted by molar-refractivity contribution is -0.156. The maximum absolute atomic E-state index is 12.1. The number of nitrogens with zero attached hydrogens (tertiary/aromatic N) is 1. The number of nitrogens with one attached hydrogen (secondary N) is 1. The first-order valence-corrected chi connectivity index (χ1v) is 8.06. The van der Waals surface area contributed by atoms with Crippen molar-refractivity contribution in [3.63, 3.8) is 0 Å². The number of carbonyl (C=O) groups is 3. The Kier molecular flexibility index (Phi) is 4.61. The molecule has 2 aliphatic heterocycles. The van der Waals surface area contributed by atoms with Crippen molar-refractivity contribution in [2.24, 2.45) is 11.8 Å². The van der Waals surface area contributed by atoms with Crippen molar-refractivity contribution in [3.05, 3.63) is 10.6 Å². The van der Waals surface area contributed by atoms with E-state index in [4.69, 9.17) is 0 Å². The van der Waals surface area contributed by atoms with Crippen molar-refractivity contribution >= 4 is 29.5 Å². The highest BCUT2D eigenvalue weighted by atomic mass is 32.2. The molecule has 0 saturated carbocycles. The number of fused-ring (bicyclic) bond motifs is 1. The van der Waals surface area contributed by atoms with E-state index in [-0.39, 0.29) is 35.4 Å². The zero-order valence-corrected chi connectivity index (χ0v) is 13.2. The van der Waals surface area contributed by atoms with E-state index in [9.17, 15) is 19.5 Å². The van der Waals surface area contributed by atoms with Gasteiger partial charge in [-0.1, -0.05) is 13.8 Å². The van der Waals surface area contributed by atoms with Crippen LogP contribution in [-0.2, 0) is 14.4 Å². The minimum Gasteiger partial charge on any atom is -0.477 e. The van der Waals surface area contributed by atoms with Crippen molar-refractivity contribution in [1.82, 2.24) is 10.2 Å². The molecule has 1 fully saturated rings. The van der Waals surface area contributed by atoms with Gasteiger partial charge in [0.2, 0.25) is 11.8 Å². The topological polar surface area (TPSA) is 86.7 Å². The second-order valence-corrected chi connectivity index (χ2v) is 6.49. The van der Waals surface area contributed by atoms with E-state index in [1.165, 1.54) is 23.6 Å². The van der Waals surface area contributed by atoms with Crippen LogP contribution in [0.15, 0.2) is 10.6 Å². The Morgan fingerprint density at radius 1 is 1.43 bits per heavy atom. The molecule has 21 heavy (non-hydrogen) atoms. The van der Waals surface area contributed by atoms with Gasteiger partial charge in [0.1, 0.15) is 5.70 Å². The third-order valence-electron chi connectivity index (χ3n) is 4.04. The Labute approximate surface area is 127 Å². The summed E-state index contributed by atoms with van der Waals surface area (Å²) in [6, 6.07) is -0.0168. The molecule has 1 saturated heterocycles. The third kappa shape index (κ3) is 2.66. The fraction of sp³-hybridized carbons (Fsp3) is 0.643. The van der Waals surface area contributed by atoms with Gasteiger partial charge in [-0.2, -0.15) is 0 Å². The average Bonchev–Trinajstić information content (AvgIpc) is 2.65. The number of carbonyl (C=O) groups excluding carboxylic acids is 2. The summed E-state index contributed by atoms with van der Waals surface area (Å²) < 4.78 is 0. The van der Waals surface area contributed by atoms with Gasteiger partial charge in [0.25, 0.3) is 0 Å². The predicted molar refractivity (Wildman–Crippen MR) is 79.4 cm³/mol. The van der Waals surface area contributed by atoms with Crippen molar-refractivity contribution in [3.8, 4) is 0 Å². The third-order valence-corrected chi connectivity index (χ3v) is 5.33. The molecular formula is C14H20N2O4S. The van der Waals surface area contributed by atoms with Crippen LogP contribution < -0.4 is 5.32 Å². The molecule has 3 atom stereocenters. The lowest BCUT2D eigenvalue weighted by Crippen LogP contribution is -2.60. The summed E-state index contributed by atoms with van der Waals surface area (Å²) >= 11 is 1.42. The highest BCUT2D eigenvalue weighted by Crippen LogP contribution is 2.50. The first-order valence-electron chi connectivity index (χ1n) is 7.07. The SMILES string of the molecule is CC[C@H]1C(=O)N2C(C(=O)O)=C(SCCNC(C)=O)[C@H](C)[C@H]12. The summed E-state index contributed by atoms with van der Waals surface area (Å²) in [5.41, 5.74) is 0.134. The molecule has 2 rings (SSSR count). The van der Waals surface area contributed by atoms with Crippen molar-refractivity contribution < 1.29 is 19.5 Å². The van der Waals surface area contributed by atoms with Crippen LogP contribution in [0.25, 0.3) is 0 Å². The molecule has 2 N–H and O–H groups in total. The van der Waals surface area contributed by atoms with Crippen LogP contribution in [-0.4, -0.2) is 46.1 Å². The molecule has 0 aliphatic carbocycles. The number of aliphatic carboxylic acids is 1. The maximum Gasteiger partial charge on any atom is 0.353 e. The van der Waals surface area contributed by atoms with E-state index < -0.39 is 5.97 Å². The molecule has 2 aliphatic rings. The summed E-state index contributed by atoms with van der Waals surface area (Å²) in [6.45, 7) is 5.86. The van der Waals surface area contributed by atoms with Gasteiger partial charge in [-0.3, -0.25) is 9.59 Å². The fourth-order valence-corrected chi connectivity index (χ4v) is 4.25. The highest BCUT2D eigenvalue weighted by molar-refractivity contribution is 8.03. The summed E-state index contributed by atoms with van der Waals surface area (Å²) in [5, 5.41) is 12.1. The van der Waals surface area contributed by atoms with Crippen molar-refractivity contribution in [1.29, 1.82) is 0 Å². The van der Waals surface area contributed by atoms with Crippen LogP contribution in [0.5, 0.6) is 0 Å². The van der Waals surface area contributed by atoms with Crippen LogP contribution in [0, 0.1) is 11.8 Å². The van der Waals surface area contributed by atoms with E-state index in [0.717, 1.165) is 11.3 Å². The molecule has 0 aromatic rings. The number of hydrogen-bond donors (Lipinski definition) is 2. The second kappa shape index (κ2) is 6.09. The molecule has 0 unspecified atom stereocenters. The molecule has 0 aromatic carbocycles. The number of carboxylic acid groups (broad SMARTS) is 1. The number of amides is 2. The predicted octanol–water partition coefficient (Wildman–Crippen LogP) is 1.04. The Morgan fingerprint density at radius 3 is 2.62 bits per heavy atom. The molecule has 0 aromatic heterocycles. The van der Waals surface area contributed by atoms with Gasteiger partial charge in [0.15, 0.2) is 0 Å². The number of β-lactam (4-membered cyclic amide) rings is 1. The monoisotopic (exact) mass is 312 g/mol. The molecule has 0 bridgehead atoms.